The van der Waals surface area contributed by atoms with Crippen molar-refractivity contribution < 1.29 is 19.1 Å². The number of hydrogen-bond donors (Lipinski definition) is 2. The van der Waals surface area contributed by atoms with Crippen LogP contribution in [0.1, 0.15) is 63.9 Å². The van der Waals surface area contributed by atoms with Gasteiger partial charge in [-0.05, 0) is 36.8 Å². The molecule has 2 aromatic rings. The Hall–Kier alpha value is -3.15. The number of carbonyl (C=O) groups excluding carboxylic acids is 2. The van der Waals surface area contributed by atoms with Crippen LogP contribution in [0, 0.1) is 5.82 Å². The predicted octanol–water partition coefficient (Wildman–Crippen LogP) is 6.81. The van der Waals surface area contributed by atoms with Gasteiger partial charge in [-0.25, -0.2) is 14.1 Å². The molecule has 0 saturated carbocycles. The van der Waals surface area contributed by atoms with Crippen molar-refractivity contribution >= 4 is 28.9 Å². The second-order valence-electron chi connectivity index (χ2n) is 7.79. The number of benzene rings is 2. The number of fused-ring (bicyclic) bond motifs is 1. The maximum atomic E-state index is 13.1. The van der Waals surface area contributed by atoms with E-state index in [1.165, 1.54) is 49.9 Å². The van der Waals surface area contributed by atoms with Crippen molar-refractivity contribution in [3.05, 3.63) is 65.7 Å². The molecule has 3 rings (SSSR count). The van der Waals surface area contributed by atoms with Crippen molar-refractivity contribution in [3.63, 3.8) is 0 Å². The van der Waals surface area contributed by atoms with Gasteiger partial charge in [0.15, 0.2) is 0 Å². The first-order valence-electron chi connectivity index (χ1n) is 11.0. The van der Waals surface area contributed by atoms with E-state index in [0.29, 0.717) is 23.4 Å². The normalized spacial score (nSPS) is 14.5. The third kappa shape index (κ3) is 5.51. The third-order valence-electron chi connectivity index (χ3n) is 5.44. The highest BCUT2D eigenvalue weighted by Crippen LogP contribution is 2.39. The summed E-state index contributed by atoms with van der Waals surface area (Å²) in [4.78, 5) is 26.9. The summed E-state index contributed by atoms with van der Waals surface area (Å²) in [6, 6.07) is 11.6. The lowest BCUT2D eigenvalue weighted by Gasteiger charge is -2.16. The Kier molecular flexibility index (Phi) is 7.82. The number of para-hydroxylation sites is 1. The molecule has 164 valence electrons. The van der Waals surface area contributed by atoms with Gasteiger partial charge in [-0.3, -0.25) is 4.79 Å². The molecule has 0 aromatic heterocycles. The molecule has 6 heteroatoms. The van der Waals surface area contributed by atoms with E-state index in [1.807, 2.05) is 0 Å². The van der Waals surface area contributed by atoms with Crippen LogP contribution in [0.2, 0.25) is 0 Å². The fourth-order valence-corrected chi connectivity index (χ4v) is 3.78. The number of aliphatic hydroxyl groups excluding tert-OH is 1. The van der Waals surface area contributed by atoms with Crippen LogP contribution < -0.4 is 10.2 Å². The molecule has 31 heavy (non-hydrogen) atoms. The van der Waals surface area contributed by atoms with Gasteiger partial charge >= 0.3 is 6.03 Å². The number of hydrogen-bond acceptors (Lipinski definition) is 3. The van der Waals surface area contributed by atoms with Gasteiger partial charge in [0, 0.05) is 17.7 Å². The molecule has 0 fully saturated rings. The Labute approximate surface area is 182 Å². The quantitative estimate of drug-likeness (QED) is 0.264. The summed E-state index contributed by atoms with van der Waals surface area (Å²) in [6.45, 7) is 2.18. The number of allylic oxidation sites excluding steroid dienone is 1. The summed E-state index contributed by atoms with van der Waals surface area (Å²) in [5, 5.41) is 13.3. The lowest BCUT2D eigenvalue weighted by Crippen LogP contribution is -2.37. The molecule has 0 radical (unpaired) electrons. The molecule has 2 aromatic carbocycles. The van der Waals surface area contributed by atoms with E-state index in [9.17, 15) is 19.1 Å². The molecule has 3 amide bonds. The van der Waals surface area contributed by atoms with E-state index in [1.54, 1.807) is 24.3 Å². The molecule has 0 unspecified atom stereocenters. The van der Waals surface area contributed by atoms with Crippen LogP contribution in [0.3, 0.4) is 0 Å². The molecule has 2 N–H and O–H groups in total. The van der Waals surface area contributed by atoms with E-state index in [-0.39, 0.29) is 11.3 Å². The highest BCUT2D eigenvalue weighted by atomic mass is 19.1. The van der Waals surface area contributed by atoms with Gasteiger partial charge in [0.1, 0.15) is 11.6 Å². The van der Waals surface area contributed by atoms with Gasteiger partial charge in [0.2, 0.25) is 0 Å². The topological polar surface area (TPSA) is 69.6 Å². The minimum atomic E-state index is -0.650. The summed E-state index contributed by atoms with van der Waals surface area (Å²) in [5.74, 6) is -0.953. The first-order chi connectivity index (χ1) is 15.0. The van der Waals surface area contributed by atoms with Gasteiger partial charge in [-0.2, -0.15) is 0 Å². The van der Waals surface area contributed by atoms with Crippen LogP contribution in [0.5, 0.6) is 0 Å². The Morgan fingerprint density at radius 2 is 1.61 bits per heavy atom. The number of halogens is 1. The summed E-state index contributed by atoms with van der Waals surface area (Å²) in [5.41, 5.74) is 1.52. The zero-order valence-corrected chi connectivity index (χ0v) is 17.9. The Balaban J connectivity index is 1.71. The second-order valence-corrected chi connectivity index (χ2v) is 7.79. The molecule has 1 heterocycles. The number of amides is 3. The zero-order valence-electron chi connectivity index (χ0n) is 17.9. The van der Waals surface area contributed by atoms with Crippen LogP contribution >= 0.6 is 0 Å². The van der Waals surface area contributed by atoms with Crippen LogP contribution in [-0.2, 0) is 4.79 Å². The van der Waals surface area contributed by atoms with E-state index in [0.717, 1.165) is 24.2 Å². The standard InChI is InChI=1S/C25H29FN2O3/c1-2-3-4-5-6-7-8-13-22(29)23-20-11-9-10-12-21(20)28(24(23)30)25(31)27-19-16-14-18(26)15-17-19/h9-12,14-17,29H,2-8,13H2,1H3,(H,27,31). The average molecular weight is 425 g/mol. The lowest BCUT2D eigenvalue weighted by atomic mass is 10.0. The van der Waals surface area contributed by atoms with Crippen LogP contribution in [0.15, 0.2) is 54.3 Å². The maximum Gasteiger partial charge on any atom is 0.333 e. The van der Waals surface area contributed by atoms with Gasteiger partial charge in [-0.1, -0.05) is 63.6 Å². The fourth-order valence-electron chi connectivity index (χ4n) is 3.78. The smallest absolute Gasteiger partial charge is 0.333 e. The van der Waals surface area contributed by atoms with Crippen molar-refractivity contribution in [1.29, 1.82) is 0 Å². The van der Waals surface area contributed by atoms with Crippen molar-refractivity contribution in [1.82, 2.24) is 0 Å². The fraction of sp³-hybridized carbons (Fsp3) is 0.360. The molecule has 0 aliphatic carbocycles. The molecular weight excluding hydrogens is 395 g/mol. The number of aliphatic hydroxyl groups is 1. The predicted molar refractivity (Wildman–Crippen MR) is 122 cm³/mol. The second kappa shape index (κ2) is 10.8. The van der Waals surface area contributed by atoms with Gasteiger partial charge in [0.25, 0.3) is 5.91 Å². The van der Waals surface area contributed by atoms with Crippen molar-refractivity contribution in [2.45, 2.75) is 58.3 Å². The molecular formula is C25H29FN2O3. The molecule has 5 nitrogen and oxygen atoms in total. The molecule has 0 atom stereocenters. The summed E-state index contributed by atoms with van der Waals surface area (Å²) >= 11 is 0. The minimum Gasteiger partial charge on any atom is -0.511 e. The molecule has 0 spiro atoms. The number of imide groups is 1. The molecule has 0 bridgehead atoms. The maximum absolute atomic E-state index is 13.1. The number of unbranched alkanes of at least 4 members (excludes halogenated alkanes) is 6. The SMILES string of the molecule is CCCCCCCCCC(O)=C1C(=O)N(C(=O)Nc2ccc(F)cc2)c2ccccc21. The Morgan fingerprint density at radius 1 is 0.968 bits per heavy atom. The van der Waals surface area contributed by atoms with Crippen molar-refractivity contribution in [2.75, 3.05) is 10.2 Å². The van der Waals surface area contributed by atoms with Gasteiger partial charge in [0.05, 0.1) is 11.3 Å². The summed E-state index contributed by atoms with van der Waals surface area (Å²) < 4.78 is 13.1. The third-order valence-corrected chi connectivity index (χ3v) is 5.44. The highest BCUT2D eigenvalue weighted by Gasteiger charge is 2.38. The number of nitrogens with one attached hydrogen (secondary N) is 1. The van der Waals surface area contributed by atoms with Crippen LogP contribution in [-0.4, -0.2) is 17.0 Å². The average Bonchev–Trinajstić information content (AvgIpc) is 3.06. The van der Waals surface area contributed by atoms with E-state index in [4.69, 9.17) is 0 Å². The molecule has 0 saturated heterocycles. The van der Waals surface area contributed by atoms with Crippen molar-refractivity contribution in [2.24, 2.45) is 0 Å². The van der Waals surface area contributed by atoms with E-state index < -0.39 is 17.8 Å². The van der Waals surface area contributed by atoms with Crippen molar-refractivity contribution in [3.8, 4) is 0 Å². The van der Waals surface area contributed by atoms with E-state index in [2.05, 4.69) is 12.2 Å². The number of urea groups is 1. The highest BCUT2D eigenvalue weighted by molar-refractivity contribution is 6.41. The Bertz CT molecular complexity index is 953. The largest absolute Gasteiger partial charge is 0.511 e. The summed E-state index contributed by atoms with van der Waals surface area (Å²) in [7, 11) is 0. The number of rotatable bonds is 9. The Morgan fingerprint density at radius 3 is 2.32 bits per heavy atom. The first-order valence-corrected chi connectivity index (χ1v) is 11.0. The van der Waals surface area contributed by atoms with E-state index >= 15 is 0 Å². The lowest BCUT2D eigenvalue weighted by molar-refractivity contribution is -0.112. The zero-order chi connectivity index (χ0) is 22.2. The van der Waals surface area contributed by atoms with Gasteiger partial charge < -0.3 is 10.4 Å². The molecule has 1 aliphatic heterocycles. The van der Waals surface area contributed by atoms with Crippen LogP contribution in [0.4, 0.5) is 20.6 Å². The van der Waals surface area contributed by atoms with Gasteiger partial charge in [-0.15, -0.1) is 0 Å². The first kappa shape index (κ1) is 22.5. The number of carbonyl (C=O) groups is 2. The molecule has 1 aliphatic rings. The number of nitrogens with zero attached hydrogens (tertiary/aromatic N) is 1. The summed E-state index contributed by atoms with van der Waals surface area (Å²) in [6.07, 6.45) is 8.16. The van der Waals surface area contributed by atoms with Crippen LogP contribution in [0.25, 0.3) is 5.57 Å². The monoisotopic (exact) mass is 424 g/mol. The number of anilines is 2. The minimum absolute atomic E-state index is 0.0168.